The minimum Gasteiger partial charge on any atom is -0.383 e. The Labute approximate surface area is 138 Å². The van der Waals surface area contributed by atoms with Crippen LogP contribution in [-0.2, 0) is 16.0 Å². The van der Waals surface area contributed by atoms with E-state index in [2.05, 4.69) is 24.5 Å². The molecule has 0 aliphatic heterocycles. The summed E-state index contributed by atoms with van der Waals surface area (Å²) in [5.74, 6) is 0.0242. The highest BCUT2D eigenvalue weighted by atomic mass is 35.5. The fraction of sp³-hybridized carbons (Fsp3) is 0.562. The molecular formula is C16H26ClFN2O2. The largest absolute Gasteiger partial charge is 0.383 e. The third-order valence-electron chi connectivity index (χ3n) is 3.29. The summed E-state index contributed by atoms with van der Waals surface area (Å²) < 4.78 is 17.8. The third kappa shape index (κ3) is 8.32. The van der Waals surface area contributed by atoms with Crippen molar-refractivity contribution in [3.63, 3.8) is 0 Å². The minimum atomic E-state index is -0.244. The predicted octanol–water partition coefficient (Wildman–Crippen LogP) is 2.17. The molecule has 1 atom stereocenters. The summed E-state index contributed by atoms with van der Waals surface area (Å²) in [5.41, 5.74) is 1.02. The summed E-state index contributed by atoms with van der Waals surface area (Å²) in [7, 11) is 1.62. The Kier molecular flexibility index (Phi) is 10.8. The van der Waals surface area contributed by atoms with E-state index in [1.165, 1.54) is 12.1 Å². The van der Waals surface area contributed by atoms with Crippen LogP contribution in [0.2, 0.25) is 0 Å². The lowest BCUT2D eigenvalue weighted by Crippen LogP contribution is -2.44. The number of rotatable bonds is 9. The highest BCUT2D eigenvalue weighted by Gasteiger charge is 2.16. The van der Waals surface area contributed by atoms with Crippen LogP contribution < -0.4 is 10.6 Å². The molecule has 22 heavy (non-hydrogen) atoms. The highest BCUT2D eigenvalue weighted by Crippen LogP contribution is 2.11. The van der Waals surface area contributed by atoms with Gasteiger partial charge in [0.05, 0.1) is 13.2 Å². The van der Waals surface area contributed by atoms with Crippen LogP contribution >= 0.6 is 12.4 Å². The lowest BCUT2D eigenvalue weighted by atomic mass is 9.96. The van der Waals surface area contributed by atoms with Crippen LogP contribution in [0.15, 0.2) is 24.3 Å². The van der Waals surface area contributed by atoms with Crippen LogP contribution in [0.3, 0.4) is 0 Å². The van der Waals surface area contributed by atoms with Crippen molar-refractivity contribution in [2.75, 3.05) is 26.8 Å². The van der Waals surface area contributed by atoms with Crippen molar-refractivity contribution in [2.24, 2.45) is 5.92 Å². The van der Waals surface area contributed by atoms with E-state index in [1.807, 2.05) is 0 Å². The zero-order valence-corrected chi connectivity index (χ0v) is 14.2. The molecule has 0 bridgehead atoms. The quantitative estimate of drug-likeness (QED) is 0.681. The summed E-state index contributed by atoms with van der Waals surface area (Å²) in [6.07, 6.45) is 0.696. The Balaban J connectivity index is 0.00000441. The van der Waals surface area contributed by atoms with Crippen molar-refractivity contribution in [1.29, 1.82) is 0 Å². The van der Waals surface area contributed by atoms with Gasteiger partial charge in [0.1, 0.15) is 5.82 Å². The molecule has 0 spiro atoms. The molecule has 0 fully saturated rings. The maximum absolute atomic E-state index is 12.9. The molecular weight excluding hydrogens is 307 g/mol. The minimum absolute atomic E-state index is 0. The van der Waals surface area contributed by atoms with E-state index >= 15 is 0 Å². The molecule has 1 aromatic carbocycles. The summed E-state index contributed by atoms with van der Waals surface area (Å²) in [5, 5.41) is 6.04. The smallest absolute Gasteiger partial charge is 0.234 e. The number of amides is 1. The van der Waals surface area contributed by atoms with E-state index in [4.69, 9.17) is 4.74 Å². The molecule has 1 unspecified atom stereocenters. The van der Waals surface area contributed by atoms with E-state index in [9.17, 15) is 9.18 Å². The average Bonchev–Trinajstić information content (AvgIpc) is 2.45. The molecule has 2 N–H and O–H groups in total. The molecule has 6 heteroatoms. The van der Waals surface area contributed by atoms with Crippen molar-refractivity contribution < 1.29 is 13.9 Å². The molecule has 1 aromatic rings. The van der Waals surface area contributed by atoms with E-state index in [-0.39, 0.29) is 36.7 Å². The Morgan fingerprint density at radius 3 is 2.45 bits per heavy atom. The van der Waals surface area contributed by atoms with Gasteiger partial charge in [-0.2, -0.15) is 0 Å². The van der Waals surface area contributed by atoms with Crippen molar-refractivity contribution in [3.8, 4) is 0 Å². The van der Waals surface area contributed by atoms with E-state index in [0.717, 1.165) is 5.56 Å². The molecule has 0 saturated heterocycles. The number of benzene rings is 1. The van der Waals surface area contributed by atoms with E-state index < -0.39 is 0 Å². The van der Waals surface area contributed by atoms with Gasteiger partial charge in [-0.1, -0.05) is 26.0 Å². The molecule has 0 aliphatic rings. The second kappa shape index (κ2) is 11.4. The molecule has 0 aromatic heterocycles. The lowest BCUT2D eigenvalue weighted by Gasteiger charge is -2.22. The van der Waals surface area contributed by atoms with Crippen LogP contribution in [0.5, 0.6) is 0 Å². The maximum Gasteiger partial charge on any atom is 0.234 e. The second-order valence-electron chi connectivity index (χ2n) is 5.42. The Morgan fingerprint density at radius 1 is 1.27 bits per heavy atom. The molecule has 0 aliphatic carbocycles. The number of halogens is 2. The number of hydrogen-bond donors (Lipinski definition) is 2. The monoisotopic (exact) mass is 332 g/mol. The fourth-order valence-electron chi connectivity index (χ4n) is 1.96. The van der Waals surface area contributed by atoms with Gasteiger partial charge in [0.2, 0.25) is 5.91 Å². The first-order valence-corrected chi connectivity index (χ1v) is 7.26. The van der Waals surface area contributed by atoms with Gasteiger partial charge in [-0.25, -0.2) is 4.39 Å². The highest BCUT2D eigenvalue weighted by molar-refractivity contribution is 5.85. The number of carbonyl (C=O) groups excluding carboxylic acids is 1. The van der Waals surface area contributed by atoms with Gasteiger partial charge in [-0.05, 0) is 30.0 Å². The Morgan fingerprint density at radius 2 is 1.91 bits per heavy atom. The number of methoxy groups -OCH3 is 1. The SMILES string of the molecule is COCCNCC(=O)NC(Cc1ccc(F)cc1)C(C)C.Cl. The van der Waals surface area contributed by atoms with Gasteiger partial charge in [0.15, 0.2) is 0 Å². The number of ether oxygens (including phenoxy) is 1. The summed E-state index contributed by atoms with van der Waals surface area (Å²) in [6, 6.07) is 6.44. The molecule has 0 heterocycles. The third-order valence-corrected chi connectivity index (χ3v) is 3.29. The predicted molar refractivity (Wildman–Crippen MR) is 88.9 cm³/mol. The summed E-state index contributed by atoms with van der Waals surface area (Å²) in [6.45, 7) is 5.63. The number of nitrogens with one attached hydrogen (secondary N) is 2. The van der Waals surface area contributed by atoms with Gasteiger partial charge in [0.25, 0.3) is 0 Å². The molecule has 0 saturated carbocycles. The van der Waals surface area contributed by atoms with E-state index in [0.29, 0.717) is 25.5 Å². The topological polar surface area (TPSA) is 50.4 Å². The molecule has 126 valence electrons. The van der Waals surface area contributed by atoms with Crippen molar-refractivity contribution in [1.82, 2.24) is 10.6 Å². The van der Waals surface area contributed by atoms with Crippen molar-refractivity contribution in [3.05, 3.63) is 35.6 Å². The zero-order valence-electron chi connectivity index (χ0n) is 13.4. The van der Waals surface area contributed by atoms with Crippen LogP contribution in [0.25, 0.3) is 0 Å². The second-order valence-corrected chi connectivity index (χ2v) is 5.42. The summed E-state index contributed by atoms with van der Waals surface area (Å²) >= 11 is 0. The number of hydrogen-bond acceptors (Lipinski definition) is 3. The first-order valence-electron chi connectivity index (χ1n) is 7.26. The Bertz CT molecular complexity index is 427. The zero-order chi connectivity index (χ0) is 15.7. The molecule has 4 nitrogen and oxygen atoms in total. The Hall–Kier alpha value is -1.17. The van der Waals surface area contributed by atoms with Gasteiger partial charge in [-0.15, -0.1) is 12.4 Å². The number of carbonyl (C=O) groups is 1. The molecule has 1 rings (SSSR count). The van der Waals surface area contributed by atoms with E-state index in [1.54, 1.807) is 19.2 Å². The first-order chi connectivity index (χ1) is 10.0. The van der Waals surface area contributed by atoms with Gasteiger partial charge >= 0.3 is 0 Å². The van der Waals surface area contributed by atoms with Crippen molar-refractivity contribution in [2.45, 2.75) is 26.3 Å². The molecule has 0 radical (unpaired) electrons. The van der Waals surface area contributed by atoms with Crippen LogP contribution in [0.4, 0.5) is 4.39 Å². The first kappa shape index (κ1) is 20.8. The van der Waals surface area contributed by atoms with Gasteiger partial charge in [0, 0.05) is 19.7 Å². The fourth-order valence-corrected chi connectivity index (χ4v) is 1.96. The summed E-state index contributed by atoms with van der Waals surface area (Å²) in [4.78, 5) is 11.9. The average molecular weight is 333 g/mol. The standard InChI is InChI=1S/C16H25FN2O2.ClH/c1-12(2)15(10-13-4-6-14(17)7-5-13)19-16(20)11-18-8-9-21-3;/h4-7,12,15,18H,8-11H2,1-3H3,(H,19,20);1H. The maximum atomic E-state index is 12.9. The van der Waals surface area contributed by atoms with Gasteiger partial charge < -0.3 is 15.4 Å². The van der Waals surface area contributed by atoms with Crippen LogP contribution in [-0.4, -0.2) is 38.8 Å². The van der Waals surface area contributed by atoms with Crippen LogP contribution in [0.1, 0.15) is 19.4 Å². The van der Waals surface area contributed by atoms with Crippen LogP contribution in [0, 0.1) is 11.7 Å². The normalized spacial score (nSPS) is 11.9. The van der Waals surface area contributed by atoms with Gasteiger partial charge in [-0.3, -0.25) is 4.79 Å². The van der Waals surface area contributed by atoms with Crippen molar-refractivity contribution >= 4 is 18.3 Å². The lowest BCUT2D eigenvalue weighted by molar-refractivity contribution is -0.121. The molecule has 1 amide bonds.